The van der Waals surface area contributed by atoms with E-state index in [9.17, 15) is 9.59 Å². The first-order valence-electron chi connectivity index (χ1n) is 9.58. The van der Waals surface area contributed by atoms with E-state index in [0.29, 0.717) is 18.0 Å². The van der Waals surface area contributed by atoms with Crippen LogP contribution in [-0.2, 0) is 9.59 Å². The molecule has 0 saturated carbocycles. The van der Waals surface area contributed by atoms with Crippen LogP contribution in [0, 0.1) is 12.8 Å². The molecule has 3 rings (SSSR count). The molecular weight excluding hydrogens is 354 g/mol. The van der Waals surface area contributed by atoms with E-state index in [1.165, 1.54) is 0 Å². The van der Waals surface area contributed by atoms with E-state index >= 15 is 0 Å². The Morgan fingerprint density at radius 1 is 1.04 bits per heavy atom. The highest BCUT2D eigenvalue weighted by Gasteiger charge is 2.26. The van der Waals surface area contributed by atoms with Gasteiger partial charge in [0.2, 0.25) is 11.8 Å². The van der Waals surface area contributed by atoms with E-state index < -0.39 is 0 Å². The van der Waals surface area contributed by atoms with Crippen LogP contribution in [0.4, 0.5) is 11.4 Å². The number of aryl methyl sites for hydroxylation is 1. The molecule has 2 N–H and O–H groups in total. The highest BCUT2D eigenvalue weighted by molar-refractivity contribution is 5.94. The zero-order chi connectivity index (χ0) is 19.9. The van der Waals surface area contributed by atoms with Gasteiger partial charge in [0.25, 0.3) is 0 Å². The molecule has 0 spiro atoms. The average Bonchev–Trinajstić information content (AvgIpc) is 2.70. The Bertz CT molecular complexity index is 812. The van der Waals surface area contributed by atoms with Gasteiger partial charge in [0.1, 0.15) is 5.75 Å². The third-order valence-corrected chi connectivity index (χ3v) is 5.03. The number of carbonyl (C=O) groups is 2. The molecule has 6 nitrogen and oxygen atoms in total. The molecule has 148 valence electrons. The summed E-state index contributed by atoms with van der Waals surface area (Å²) >= 11 is 0. The number of nitrogens with zero attached hydrogens (tertiary/aromatic N) is 1. The molecule has 2 aromatic rings. The standard InChI is InChI=1S/C22H27N3O3/c1-16-7-9-18(10-8-16)23-21(26)15-25-13-11-17(12-14-25)22(27)24-19-5-3-4-6-20(19)28-2/h3-10,17H,11-15H2,1-2H3,(H,23,26)(H,24,27). The van der Waals surface area contributed by atoms with Crippen molar-refractivity contribution >= 4 is 23.2 Å². The van der Waals surface area contributed by atoms with Crippen molar-refractivity contribution in [2.24, 2.45) is 5.92 Å². The second kappa shape index (κ2) is 9.37. The lowest BCUT2D eigenvalue weighted by molar-refractivity contribution is -0.121. The number of anilines is 2. The topological polar surface area (TPSA) is 70.7 Å². The number of rotatable bonds is 6. The van der Waals surface area contributed by atoms with Gasteiger partial charge in [-0.3, -0.25) is 14.5 Å². The highest BCUT2D eigenvalue weighted by Crippen LogP contribution is 2.25. The molecule has 0 unspecified atom stereocenters. The average molecular weight is 381 g/mol. The van der Waals surface area contributed by atoms with Crippen LogP contribution in [0.2, 0.25) is 0 Å². The minimum atomic E-state index is -0.0543. The minimum Gasteiger partial charge on any atom is -0.495 e. The monoisotopic (exact) mass is 381 g/mol. The van der Waals surface area contributed by atoms with Crippen molar-refractivity contribution in [1.82, 2.24) is 4.90 Å². The van der Waals surface area contributed by atoms with Gasteiger partial charge in [0.15, 0.2) is 0 Å². The number of nitrogens with one attached hydrogen (secondary N) is 2. The van der Waals surface area contributed by atoms with Crippen LogP contribution in [0.1, 0.15) is 18.4 Å². The van der Waals surface area contributed by atoms with Crippen molar-refractivity contribution < 1.29 is 14.3 Å². The molecule has 1 heterocycles. The zero-order valence-corrected chi connectivity index (χ0v) is 16.4. The molecule has 1 saturated heterocycles. The molecule has 1 aliphatic rings. The number of methoxy groups -OCH3 is 1. The SMILES string of the molecule is COc1ccccc1NC(=O)C1CCN(CC(=O)Nc2ccc(C)cc2)CC1. The van der Waals surface area contributed by atoms with Crippen molar-refractivity contribution in [2.75, 3.05) is 37.4 Å². The van der Waals surface area contributed by atoms with Gasteiger partial charge in [-0.25, -0.2) is 0 Å². The van der Waals surface area contributed by atoms with Crippen LogP contribution in [-0.4, -0.2) is 43.5 Å². The molecule has 1 aliphatic heterocycles. The number of amides is 2. The molecule has 0 bridgehead atoms. The Hall–Kier alpha value is -2.86. The summed E-state index contributed by atoms with van der Waals surface area (Å²) in [7, 11) is 1.59. The van der Waals surface area contributed by atoms with Gasteiger partial charge in [-0.1, -0.05) is 29.8 Å². The number of hydrogen-bond acceptors (Lipinski definition) is 4. The van der Waals surface area contributed by atoms with E-state index in [-0.39, 0.29) is 17.7 Å². The van der Waals surface area contributed by atoms with Gasteiger partial charge < -0.3 is 15.4 Å². The van der Waals surface area contributed by atoms with Crippen LogP contribution in [0.15, 0.2) is 48.5 Å². The third kappa shape index (κ3) is 5.33. The normalized spacial score (nSPS) is 15.1. The lowest BCUT2D eigenvalue weighted by atomic mass is 9.95. The summed E-state index contributed by atoms with van der Waals surface area (Å²) in [6.45, 7) is 3.81. The number of ether oxygens (including phenoxy) is 1. The second-order valence-corrected chi connectivity index (χ2v) is 7.15. The van der Waals surface area contributed by atoms with Crippen molar-refractivity contribution in [1.29, 1.82) is 0 Å². The molecule has 28 heavy (non-hydrogen) atoms. The van der Waals surface area contributed by atoms with Gasteiger partial charge in [-0.2, -0.15) is 0 Å². The molecule has 6 heteroatoms. The van der Waals surface area contributed by atoms with Crippen molar-refractivity contribution in [3.8, 4) is 5.75 Å². The molecule has 0 radical (unpaired) electrons. The summed E-state index contributed by atoms with van der Waals surface area (Å²) in [6.07, 6.45) is 1.47. The molecular formula is C22H27N3O3. The number of para-hydroxylation sites is 2. The van der Waals surface area contributed by atoms with Crippen LogP contribution < -0.4 is 15.4 Å². The summed E-state index contributed by atoms with van der Waals surface area (Å²) in [4.78, 5) is 26.9. The summed E-state index contributed by atoms with van der Waals surface area (Å²) in [5.41, 5.74) is 2.66. The van der Waals surface area contributed by atoms with Gasteiger partial charge in [0, 0.05) is 11.6 Å². The predicted octanol–water partition coefficient (Wildman–Crippen LogP) is 3.29. The van der Waals surface area contributed by atoms with Crippen molar-refractivity contribution in [2.45, 2.75) is 19.8 Å². The van der Waals surface area contributed by atoms with E-state index in [2.05, 4.69) is 15.5 Å². The molecule has 0 atom stereocenters. The summed E-state index contributed by atoms with van der Waals surface area (Å²) in [5, 5.41) is 5.88. The molecule has 0 aromatic heterocycles. The quantitative estimate of drug-likeness (QED) is 0.806. The molecule has 2 amide bonds. The first-order valence-corrected chi connectivity index (χ1v) is 9.58. The Morgan fingerprint density at radius 3 is 2.39 bits per heavy atom. The lowest BCUT2D eigenvalue weighted by Gasteiger charge is -2.30. The Labute approximate surface area is 165 Å². The fourth-order valence-corrected chi connectivity index (χ4v) is 3.38. The largest absolute Gasteiger partial charge is 0.495 e. The van der Waals surface area contributed by atoms with Gasteiger partial charge in [0.05, 0.1) is 19.3 Å². The predicted molar refractivity (Wildman–Crippen MR) is 111 cm³/mol. The number of likely N-dealkylation sites (tertiary alicyclic amines) is 1. The summed E-state index contributed by atoms with van der Waals surface area (Å²) < 4.78 is 5.28. The van der Waals surface area contributed by atoms with E-state index in [1.54, 1.807) is 7.11 Å². The van der Waals surface area contributed by atoms with E-state index in [1.807, 2.05) is 55.5 Å². The minimum absolute atomic E-state index is 0.00765. The summed E-state index contributed by atoms with van der Waals surface area (Å²) in [6, 6.07) is 15.2. The van der Waals surface area contributed by atoms with Crippen molar-refractivity contribution in [3.63, 3.8) is 0 Å². The first-order chi connectivity index (χ1) is 13.5. The fourth-order valence-electron chi connectivity index (χ4n) is 3.38. The third-order valence-electron chi connectivity index (χ3n) is 5.03. The van der Waals surface area contributed by atoms with Gasteiger partial charge in [-0.05, 0) is 57.1 Å². The number of benzene rings is 2. The van der Waals surface area contributed by atoms with Crippen LogP contribution in [0.3, 0.4) is 0 Å². The van der Waals surface area contributed by atoms with Crippen molar-refractivity contribution in [3.05, 3.63) is 54.1 Å². The lowest BCUT2D eigenvalue weighted by Crippen LogP contribution is -2.41. The highest BCUT2D eigenvalue weighted by atomic mass is 16.5. The van der Waals surface area contributed by atoms with Gasteiger partial charge >= 0.3 is 0 Å². The van der Waals surface area contributed by atoms with Crippen LogP contribution in [0.5, 0.6) is 5.75 Å². The molecule has 2 aromatic carbocycles. The Morgan fingerprint density at radius 2 is 1.71 bits per heavy atom. The van der Waals surface area contributed by atoms with Gasteiger partial charge in [-0.15, -0.1) is 0 Å². The Balaban J connectivity index is 1.45. The number of hydrogen-bond donors (Lipinski definition) is 2. The molecule has 1 fully saturated rings. The maximum absolute atomic E-state index is 12.6. The summed E-state index contributed by atoms with van der Waals surface area (Å²) in [5.74, 6) is 0.580. The number of carbonyl (C=O) groups excluding carboxylic acids is 2. The molecule has 0 aliphatic carbocycles. The smallest absolute Gasteiger partial charge is 0.238 e. The van der Waals surface area contributed by atoms with Crippen LogP contribution >= 0.6 is 0 Å². The first kappa shape index (κ1) is 19.9. The number of piperidine rings is 1. The van der Waals surface area contributed by atoms with E-state index in [0.717, 1.165) is 37.2 Å². The van der Waals surface area contributed by atoms with E-state index in [4.69, 9.17) is 4.74 Å². The Kier molecular flexibility index (Phi) is 6.66. The fraction of sp³-hybridized carbons (Fsp3) is 0.364. The second-order valence-electron chi connectivity index (χ2n) is 7.15. The zero-order valence-electron chi connectivity index (χ0n) is 16.4. The van der Waals surface area contributed by atoms with Crippen LogP contribution in [0.25, 0.3) is 0 Å². The maximum Gasteiger partial charge on any atom is 0.238 e. The maximum atomic E-state index is 12.6.